The zero-order chi connectivity index (χ0) is 11.1. The third kappa shape index (κ3) is 4.49. The van der Waals surface area contributed by atoms with E-state index in [0.29, 0.717) is 13.2 Å². The predicted octanol–water partition coefficient (Wildman–Crippen LogP) is 1.98. The molecule has 3 heteroatoms. The lowest BCUT2D eigenvalue weighted by Gasteiger charge is -2.32. The van der Waals surface area contributed by atoms with E-state index in [2.05, 4.69) is 6.92 Å². The zero-order valence-electron chi connectivity index (χ0n) is 9.95. The minimum absolute atomic E-state index is 0.0316. The lowest BCUT2D eigenvalue weighted by Crippen LogP contribution is -2.36. The van der Waals surface area contributed by atoms with Crippen molar-refractivity contribution >= 4 is 0 Å². The predicted molar refractivity (Wildman–Crippen MR) is 59.9 cm³/mol. The molecule has 1 rings (SSSR count). The molecular weight excluding hydrogens is 192 g/mol. The fraction of sp³-hybridized carbons (Fsp3) is 1.00. The molecule has 1 N–H and O–H groups in total. The summed E-state index contributed by atoms with van der Waals surface area (Å²) in [5.74, 6) is 0.727. The first kappa shape index (κ1) is 12.9. The maximum absolute atomic E-state index is 9.77. The fourth-order valence-corrected chi connectivity index (χ4v) is 2.15. The number of aliphatic hydroxyl groups excluding tert-OH is 1. The maximum atomic E-state index is 9.77. The van der Waals surface area contributed by atoms with E-state index in [1.54, 1.807) is 0 Å². The second-order valence-electron chi connectivity index (χ2n) is 4.26. The van der Waals surface area contributed by atoms with Crippen LogP contribution in [0.3, 0.4) is 0 Å². The van der Waals surface area contributed by atoms with Gasteiger partial charge in [0.1, 0.15) is 0 Å². The Balaban J connectivity index is 2.19. The zero-order valence-corrected chi connectivity index (χ0v) is 9.95. The number of hydrogen-bond donors (Lipinski definition) is 1. The van der Waals surface area contributed by atoms with Gasteiger partial charge in [0.25, 0.3) is 0 Å². The minimum Gasteiger partial charge on any atom is -0.390 e. The van der Waals surface area contributed by atoms with Gasteiger partial charge in [-0.2, -0.15) is 0 Å². The molecule has 1 aliphatic carbocycles. The molecule has 1 fully saturated rings. The molecule has 0 aromatic carbocycles. The van der Waals surface area contributed by atoms with E-state index in [-0.39, 0.29) is 12.2 Å². The first-order chi connectivity index (χ1) is 7.27. The molecule has 0 bridgehead atoms. The van der Waals surface area contributed by atoms with Crippen molar-refractivity contribution in [2.75, 3.05) is 19.8 Å². The number of hydrogen-bond acceptors (Lipinski definition) is 3. The molecule has 90 valence electrons. The quantitative estimate of drug-likeness (QED) is 0.690. The molecular formula is C12H24O3. The number of aliphatic hydroxyl groups is 1. The highest BCUT2D eigenvalue weighted by atomic mass is 16.5. The van der Waals surface area contributed by atoms with E-state index in [1.165, 1.54) is 6.42 Å². The largest absolute Gasteiger partial charge is 0.390 e. The summed E-state index contributed by atoms with van der Waals surface area (Å²) in [6, 6.07) is 0. The van der Waals surface area contributed by atoms with Crippen LogP contribution in [0, 0.1) is 5.92 Å². The van der Waals surface area contributed by atoms with Gasteiger partial charge < -0.3 is 14.6 Å². The van der Waals surface area contributed by atoms with Gasteiger partial charge in [-0.1, -0.05) is 13.3 Å². The molecule has 15 heavy (non-hydrogen) atoms. The van der Waals surface area contributed by atoms with Gasteiger partial charge in [-0.25, -0.2) is 0 Å². The van der Waals surface area contributed by atoms with Gasteiger partial charge in [0.05, 0.1) is 25.4 Å². The second-order valence-corrected chi connectivity index (χ2v) is 4.26. The van der Waals surface area contributed by atoms with Crippen LogP contribution < -0.4 is 0 Å². The lowest BCUT2D eigenvalue weighted by atomic mass is 9.84. The van der Waals surface area contributed by atoms with Crippen molar-refractivity contribution in [3.05, 3.63) is 0 Å². The molecule has 0 aromatic heterocycles. The van der Waals surface area contributed by atoms with E-state index >= 15 is 0 Å². The van der Waals surface area contributed by atoms with E-state index in [4.69, 9.17) is 9.47 Å². The maximum Gasteiger partial charge on any atom is 0.0837 e. The Morgan fingerprint density at radius 1 is 1.20 bits per heavy atom. The lowest BCUT2D eigenvalue weighted by molar-refractivity contribution is -0.0838. The topological polar surface area (TPSA) is 38.7 Å². The van der Waals surface area contributed by atoms with Crippen LogP contribution in [-0.4, -0.2) is 37.1 Å². The molecule has 0 heterocycles. The third-order valence-corrected chi connectivity index (χ3v) is 3.21. The van der Waals surface area contributed by atoms with Crippen molar-refractivity contribution in [3.8, 4) is 0 Å². The molecule has 3 unspecified atom stereocenters. The highest BCUT2D eigenvalue weighted by molar-refractivity contribution is 4.79. The highest BCUT2D eigenvalue weighted by Crippen LogP contribution is 2.28. The van der Waals surface area contributed by atoms with Crippen molar-refractivity contribution in [1.82, 2.24) is 0 Å². The van der Waals surface area contributed by atoms with Crippen LogP contribution in [0.25, 0.3) is 0 Å². The Kier molecular flexibility index (Phi) is 6.22. The summed E-state index contributed by atoms with van der Waals surface area (Å²) in [7, 11) is 0. The van der Waals surface area contributed by atoms with E-state index < -0.39 is 0 Å². The van der Waals surface area contributed by atoms with Gasteiger partial charge in [-0.15, -0.1) is 0 Å². The Morgan fingerprint density at radius 2 is 2.00 bits per heavy atom. The molecule has 0 saturated heterocycles. The van der Waals surface area contributed by atoms with Gasteiger partial charge in [-0.3, -0.25) is 0 Å². The molecule has 0 spiro atoms. The normalized spacial score (nSPS) is 31.8. The van der Waals surface area contributed by atoms with Gasteiger partial charge in [0.15, 0.2) is 0 Å². The first-order valence-electron chi connectivity index (χ1n) is 6.15. The van der Waals surface area contributed by atoms with Crippen molar-refractivity contribution in [3.63, 3.8) is 0 Å². The van der Waals surface area contributed by atoms with Crippen molar-refractivity contribution < 1.29 is 14.6 Å². The van der Waals surface area contributed by atoms with Gasteiger partial charge >= 0.3 is 0 Å². The number of rotatable bonds is 6. The van der Waals surface area contributed by atoms with Crippen LogP contribution >= 0.6 is 0 Å². The third-order valence-electron chi connectivity index (χ3n) is 3.21. The average molecular weight is 216 g/mol. The van der Waals surface area contributed by atoms with Gasteiger partial charge in [0.2, 0.25) is 0 Å². The monoisotopic (exact) mass is 216 g/mol. The molecule has 0 radical (unpaired) electrons. The molecule has 0 aliphatic heterocycles. The highest BCUT2D eigenvalue weighted by Gasteiger charge is 2.28. The van der Waals surface area contributed by atoms with Crippen molar-refractivity contribution in [2.24, 2.45) is 5.92 Å². The summed E-state index contributed by atoms with van der Waals surface area (Å²) in [6.45, 7) is 6.15. The van der Waals surface area contributed by atoms with Crippen LogP contribution in [0.15, 0.2) is 0 Å². The van der Waals surface area contributed by atoms with E-state index in [9.17, 15) is 5.11 Å². The summed E-state index contributed by atoms with van der Waals surface area (Å²) in [6.07, 6.45) is 3.99. The standard InChI is InChI=1S/C12H24O3/c1-3-10-5-6-11(13)12(9-10)15-8-7-14-4-2/h10-13H,3-9H2,1-2H3. The molecule has 3 nitrogen and oxygen atoms in total. The summed E-state index contributed by atoms with van der Waals surface area (Å²) in [5.41, 5.74) is 0. The molecule has 0 aromatic rings. The second kappa shape index (κ2) is 7.20. The Hall–Kier alpha value is -0.120. The Bertz CT molecular complexity index is 161. The van der Waals surface area contributed by atoms with E-state index in [1.807, 2.05) is 6.92 Å². The molecule has 1 saturated carbocycles. The fourth-order valence-electron chi connectivity index (χ4n) is 2.15. The van der Waals surface area contributed by atoms with Crippen molar-refractivity contribution in [2.45, 2.75) is 51.7 Å². The van der Waals surface area contributed by atoms with Crippen LogP contribution in [-0.2, 0) is 9.47 Å². The molecule has 3 atom stereocenters. The van der Waals surface area contributed by atoms with Gasteiger partial charge in [-0.05, 0) is 32.1 Å². The smallest absolute Gasteiger partial charge is 0.0837 e. The van der Waals surface area contributed by atoms with Crippen LogP contribution in [0.4, 0.5) is 0 Å². The average Bonchev–Trinajstić information content (AvgIpc) is 2.26. The van der Waals surface area contributed by atoms with Crippen LogP contribution in [0.1, 0.15) is 39.5 Å². The van der Waals surface area contributed by atoms with Crippen LogP contribution in [0.5, 0.6) is 0 Å². The Labute approximate surface area is 92.8 Å². The summed E-state index contributed by atoms with van der Waals surface area (Å²) < 4.78 is 10.9. The summed E-state index contributed by atoms with van der Waals surface area (Å²) in [4.78, 5) is 0. The van der Waals surface area contributed by atoms with E-state index in [0.717, 1.165) is 31.8 Å². The summed E-state index contributed by atoms with van der Waals surface area (Å²) >= 11 is 0. The van der Waals surface area contributed by atoms with Crippen molar-refractivity contribution in [1.29, 1.82) is 0 Å². The van der Waals surface area contributed by atoms with Crippen LogP contribution in [0.2, 0.25) is 0 Å². The first-order valence-corrected chi connectivity index (χ1v) is 6.15. The summed E-state index contributed by atoms with van der Waals surface area (Å²) in [5, 5.41) is 9.77. The number of ether oxygens (including phenoxy) is 2. The SMILES string of the molecule is CCOCCOC1CC(CC)CCC1O. The van der Waals surface area contributed by atoms with Gasteiger partial charge in [0, 0.05) is 6.61 Å². The molecule has 1 aliphatic rings. The molecule has 0 amide bonds. The minimum atomic E-state index is -0.269. The Morgan fingerprint density at radius 3 is 2.67 bits per heavy atom.